The van der Waals surface area contributed by atoms with Crippen molar-refractivity contribution in [3.63, 3.8) is 0 Å². The molecule has 0 aromatic rings. The van der Waals surface area contributed by atoms with E-state index in [9.17, 15) is 18.0 Å². The van der Waals surface area contributed by atoms with Gasteiger partial charge in [0.25, 0.3) is 0 Å². The van der Waals surface area contributed by atoms with Gasteiger partial charge in [0.2, 0.25) is 5.91 Å². The Morgan fingerprint density at radius 2 is 1.56 bits per heavy atom. The van der Waals surface area contributed by atoms with Crippen LogP contribution in [-0.2, 0) is 4.79 Å². The molecule has 0 saturated heterocycles. The van der Waals surface area contributed by atoms with E-state index in [1.165, 1.54) is 0 Å². The van der Waals surface area contributed by atoms with Gasteiger partial charge >= 0.3 is 6.18 Å². The fourth-order valence-electron chi connectivity index (χ4n) is 1.76. The van der Waals surface area contributed by atoms with Crippen molar-refractivity contribution in [3.8, 4) is 0 Å². The summed E-state index contributed by atoms with van der Waals surface area (Å²) in [6, 6.07) is 0. The maximum atomic E-state index is 12.5. The Morgan fingerprint density at radius 3 is 1.83 bits per heavy atom. The SMILES string of the molecule is CC(C)C(CNC(=O)C(C)(N)C(F)(F)F)C(C)C. The van der Waals surface area contributed by atoms with Gasteiger partial charge in [-0.1, -0.05) is 27.7 Å². The van der Waals surface area contributed by atoms with Crippen LogP contribution in [0.2, 0.25) is 0 Å². The summed E-state index contributed by atoms with van der Waals surface area (Å²) < 4.78 is 37.6. The largest absolute Gasteiger partial charge is 0.415 e. The molecular weight excluding hydrogens is 245 g/mol. The molecule has 0 bridgehead atoms. The highest BCUT2D eigenvalue weighted by molar-refractivity contribution is 5.86. The summed E-state index contributed by atoms with van der Waals surface area (Å²) in [7, 11) is 0. The summed E-state index contributed by atoms with van der Waals surface area (Å²) in [5.41, 5.74) is 2.20. The Kier molecular flexibility index (Phi) is 5.65. The third-order valence-corrected chi connectivity index (χ3v) is 3.27. The average molecular weight is 268 g/mol. The summed E-state index contributed by atoms with van der Waals surface area (Å²) >= 11 is 0. The normalized spacial score (nSPS) is 16.2. The summed E-state index contributed by atoms with van der Waals surface area (Å²) in [6.07, 6.45) is -4.75. The number of hydrogen-bond donors (Lipinski definition) is 2. The van der Waals surface area contributed by atoms with Crippen molar-refractivity contribution >= 4 is 5.91 Å². The lowest BCUT2D eigenvalue weighted by Crippen LogP contribution is -2.61. The predicted octanol–water partition coefficient (Wildman–Crippen LogP) is 2.31. The van der Waals surface area contributed by atoms with E-state index in [1.807, 2.05) is 27.7 Å². The van der Waals surface area contributed by atoms with Crippen molar-refractivity contribution in [2.75, 3.05) is 6.54 Å². The summed E-state index contributed by atoms with van der Waals surface area (Å²) in [5, 5.41) is 2.31. The second-order valence-electron chi connectivity index (χ2n) is 5.56. The van der Waals surface area contributed by atoms with Gasteiger partial charge in [0.1, 0.15) is 0 Å². The maximum absolute atomic E-state index is 12.5. The number of rotatable bonds is 5. The topological polar surface area (TPSA) is 55.1 Å². The predicted molar refractivity (Wildman–Crippen MR) is 64.8 cm³/mol. The van der Waals surface area contributed by atoms with Crippen LogP contribution in [0.15, 0.2) is 0 Å². The van der Waals surface area contributed by atoms with Crippen LogP contribution in [0.1, 0.15) is 34.6 Å². The van der Waals surface area contributed by atoms with Crippen LogP contribution in [-0.4, -0.2) is 24.2 Å². The van der Waals surface area contributed by atoms with Crippen molar-refractivity contribution in [3.05, 3.63) is 0 Å². The first kappa shape index (κ1) is 17.2. The molecule has 0 radical (unpaired) electrons. The van der Waals surface area contributed by atoms with Gasteiger partial charge in [-0.2, -0.15) is 13.2 Å². The Bertz CT molecular complexity index is 278. The van der Waals surface area contributed by atoms with Crippen molar-refractivity contribution in [2.45, 2.75) is 46.3 Å². The molecule has 0 rings (SSSR count). The van der Waals surface area contributed by atoms with Crippen molar-refractivity contribution in [2.24, 2.45) is 23.5 Å². The number of hydrogen-bond acceptors (Lipinski definition) is 2. The molecule has 18 heavy (non-hydrogen) atoms. The highest BCUT2D eigenvalue weighted by Crippen LogP contribution is 2.28. The van der Waals surface area contributed by atoms with Crippen LogP contribution in [0.25, 0.3) is 0 Å². The fraction of sp³-hybridized carbons (Fsp3) is 0.917. The molecule has 108 valence electrons. The second-order valence-corrected chi connectivity index (χ2v) is 5.56. The number of carbonyl (C=O) groups is 1. The van der Waals surface area contributed by atoms with E-state index in [4.69, 9.17) is 5.73 Å². The van der Waals surface area contributed by atoms with Gasteiger partial charge < -0.3 is 11.1 Å². The molecule has 1 amide bonds. The second kappa shape index (κ2) is 5.91. The van der Waals surface area contributed by atoms with E-state index in [1.54, 1.807) is 0 Å². The van der Waals surface area contributed by atoms with Gasteiger partial charge in [0, 0.05) is 6.54 Å². The molecule has 0 spiro atoms. The molecule has 3 N–H and O–H groups in total. The van der Waals surface area contributed by atoms with Crippen molar-refractivity contribution < 1.29 is 18.0 Å². The molecule has 1 atom stereocenters. The Balaban J connectivity index is 4.60. The first-order valence-electron chi connectivity index (χ1n) is 6.05. The van der Waals surface area contributed by atoms with E-state index < -0.39 is 17.6 Å². The number of nitrogens with two attached hydrogens (primary N) is 1. The minimum Gasteiger partial charge on any atom is -0.354 e. The fourth-order valence-corrected chi connectivity index (χ4v) is 1.76. The number of amides is 1. The highest BCUT2D eigenvalue weighted by Gasteiger charge is 2.53. The zero-order chi connectivity index (χ0) is 14.7. The maximum Gasteiger partial charge on any atom is 0.415 e. The van der Waals surface area contributed by atoms with Crippen LogP contribution in [0.4, 0.5) is 13.2 Å². The number of halogens is 3. The number of carbonyl (C=O) groups excluding carboxylic acids is 1. The average Bonchev–Trinajstić information content (AvgIpc) is 2.14. The molecule has 0 heterocycles. The van der Waals surface area contributed by atoms with Crippen LogP contribution < -0.4 is 11.1 Å². The van der Waals surface area contributed by atoms with Gasteiger partial charge in [0.05, 0.1) is 0 Å². The molecule has 0 aromatic carbocycles. The monoisotopic (exact) mass is 268 g/mol. The number of alkyl halides is 3. The van der Waals surface area contributed by atoms with Gasteiger partial charge in [-0.05, 0) is 24.7 Å². The Labute approximate surface area is 106 Å². The number of nitrogens with one attached hydrogen (secondary N) is 1. The van der Waals surface area contributed by atoms with Crippen LogP contribution in [0.5, 0.6) is 0 Å². The van der Waals surface area contributed by atoms with Crippen LogP contribution in [0, 0.1) is 17.8 Å². The van der Waals surface area contributed by atoms with Gasteiger partial charge in [-0.3, -0.25) is 4.79 Å². The van der Waals surface area contributed by atoms with Gasteiger partial charge in [-0.25, -0.2) is 0 Å². The highest BCUT2D eigenvalue weighted by atomic mass is 19.4. The molecule has 0 aliphatic rings. The summed E-state index contributed by atoms with van der Waals surface area (Å²) in [4.78, 5) is 11.5. The van der Waals surface area contributed by atoms with Gasteiger partial charge in [-0.15, -0.1) is 0 Å². The first-order valence-corrected chi connectivity index (χ1v) is 6.05. The third-order valence-electron chi connectivity index (χ3n) is 3.27. The molecule has 1 unspecified atom stereocenters. The molecular formula is C12H23F3N2O. The summed E-state index contributed by atoms with van der Waals surface area (Å²) in [6.45, 7) is 8.79. The van der Waals surface area contributed by atoms with Crippen LogP contribution in [0.3, 0.4) is 0 Å². The quantitative estimate of drug-likeness (QED) is 0.804. The Hall–Kier alpha value is -0.780. The third kappa shape index (κ3) is 4.15. The lowest BCUT2D eigenvalue weighted by atomic mass is 9.85. The van der Waals surface area contributed by atoms with Crippen molar-refractivity contribution in [1.29, 1.82) is 0 Å². The zero-order valence-electron chi connectivity index (χ0n) is 11.6. The zero-order valence-corrected chi connectivity index (χ0v) is 11.6. The van der Waals surface area contributed by atoms with Crippen molar-refractivity contribution in [1.82, 2.24) is 5.32 Å². The van der Waals surface area contributed by atoms with E-state index in [0.717, 1.165) is 0 Å². The van der Waals surface area contributed by atoms with E-state index in [2.05, 4.69) is 5.32 Å². The lowest BCUT2D eigenvalue weighted by Gasteiger charge is -2.29. The lowest BCUT2D eigenvalue weighted by molar-refractivity contribution is -0.187. The minimum atomic E-state index is -4.75. The Morgan fingerprint density at radius 1 is 1.17 bits per heavy atom. The van der Waals surface area contributed by atoms with E-state index in [0.29, 0.717) is 6.92 Å². The minimum absolute atomic E-state index is 0.123. The molecule has 6 heteroatoms. The molecule has 0 aliphatic heterocycles. The molecule has 3 nitrogen and oxygen atoms in total. The molecule has 0 aliphatic carbocycles. The standard InChI is InChI=1S/C12H23F3N2O/c1-7(2)9(8(3)4)6-17-10(18)11(5,16)12(13,14)15/h7-9H,6,16H2,1-5H3,(H,17,18). The smallest absolute Gasteiger partial charge is 0.354 e. The molecule has 0 saturated carbocycles. The molecule has 0 aromatic heterocycles. The van der Waals surface area contributed by atoms with E-state index >= 15 is 0 Å². The first-order chi connectivity index (χ1) is 7.91. The van der Waals surface area contributed by atoms with Crippen LogP contribution >= 0.6 is 0 Å². The summed E-state index contributed by atoms with van der Waals surface area (Å²) in [5.74, 6) is -0.500. The van der Waals surface area contributed by atoms with Gasteiger partial charge in [0.15, 0.2) is 5.54 Å². The van der Waals surface area contributed by atoms with E-state index in [-0.39, 0.29) is 24.3 Å². The molecule has 0 fully saturated rings.